The van der Waals surface area contributed by atoms with Crippen LogP contribution in [0, 0.1) is 6.92 Å². The Hall–Kier alpha value is -3.90. The summed E-state index contributed by atoms with van der Waals surface area (Å²) in [5.74, 6) is -0.279. The molecule has 0 aliphatic heterocycles. The third-order valence-corrected chi connectivity index (χ3v) is 7.47. The van der Waals surface area contributed by atoms with Gasteiger partial charge in [-0.3, -0.25) is 9.10 Å². The van der Waals surface area contributed by atoms with Crippen LogP contribution in [-0.4, -0.2) is 25.8 Å². The van der Waals surface area contributed by atoms with Crippen LogP contribution in [0.4, 0.5) is 5.69 Å². The van der Waals surface area contributed by atoms with Gasteiger partial charge in [0.05, 0.1) is 10.6 Å². The van der Waals surface area contributed by atoms with Crippen molar-refractivity contribution >= 4 is 21.6 Å². The van der Waals surface area contributed by atoms with Crippen molar-refractivity contribution in [2.24, 2.45) is 0 Å². The largest absolute Gasteiger partial charge is 0.332 e. The van der Waals surface area contributed by atoms with Crippen LogP contribution in [0.2, 0.25) is 0 Å². The Balaban J connectivity index is 1.69. The predicted octanol–water partition coefficient (Wildman–Crippen LogP) is 5.42. The van der Waals surface area contributed by atoms with Crippen LogP contribution in [-0.2, 0) is 27.9 Å². The van der Waals surface area contributed by atoms with Crippen molar-refractivity contribution in [2.75, 3.05) is 10.8 Å². The van der Waals surface area contributed by atoms with Crippen molar-refractivity contribution < 1.29 is 13.2 Å². The third kappa shape index (κ3) is 6.16. The van der Waals surface area contributed by atoms with Crippen LogP contribution >= 0.6 is 0 Å². The normalized spacial score (nSPS) is 11.1. The summed E-state index contributed by atoms with van der Waals surface area (Å²) in [7, 11) is -3.96. The van der Waals surface area contributed by atoms with Crippen LogP contribution in [0.5, 0.6) is 0 Å². The molecular weight excluding hydrogens is 456 g/mol. The lowest BCUT2D eigenvalue weighted by molar-refractivity contribution is -0.130. The molecule has 0 heterocycles. The number of rotatable bonds is 9. The number of anilines is 1. The van der Waals surface area contributed by atoms with Gasteiger partial charge in [0.25, 0.3) is 10.0 Å². The number of aryl methyl sites for hydroxylation is 1. The van der Waals surface area contributed by atoms with E-state index in [1.807, 2.05) is 73.7 Å². The summed E-state index contributed by atoms with van der Waals surface area (Å²) in [6.45, 7) is 2.35. The minimum atomic E-state index is -3.96. The first-order valence-electron chi connectivity index (χ1n) is 11.4. The first kappa shape index (κ1) is 24.2. The molecule has 35 heavy (non-hydrogen) atoms. The monoisotopic (exact) mass is 484 g/mol. The maximum absolute atomic E-state index is 13.7. The fourth-order valence-corrected chi connectivity index (χ4v) is 5.31. The Labute approximate surface area is 207 Å². The Morgan fingerprint density at radius 3 is 1.71 bits per heavy atom. The summed E-state index contributed by atoms with van der Waals surface area (Å²) in [6.07, 6.45) is 0. The second kappa shape index (κ2) is 11.0. The van der Waals surface area contributed by atoms with Crippen LogP contribution < -0.4 is 4.31 Å². The molecule has 0 unspecified atom stereocenters. The average Bonchev–Trinajstić information content (AvgIpc) is 2.88. The molecule has 0 aliphatic carbocycles. The summed E-state index contributed by atoms with van der Waals surface area (Å²) in [6, 6.07) is 34.9. The summed E-state index contributed by atoms with van der Waals surface area (Å²) < 4.78 is 28.6. The molecule has 0 saturated heterocycles. The molecule has 4 rings (SSSR count). The SMILES string of the molecule is Cc1cccc(N(CC(=O)N(Cc2ccccc2)Cc2ccccc2)S(=O)(=O)c2ccccc2)c1. The Bertz CT molecular complexity index is 1320. The number of benzene rings is 4. The molecule has 0 saturated carbocycles. The van der Waals surface area contributed by atoms with Crippen molar-refractivity contribution in [3.63, 3.8) is 0 Å². The zero-order valence-corrected chi connectivity index (χ0v) is 20.4. The summed E-state index contributed by atoms with van der Waals surface area (Å²) in [5.41, 5.74) is 3.32. The van der Waals surface area contributed by atoms with Crippen LogP contribution in [0.25, 0.3) is 0 Å². The van der Waals surface area contributed by atoms with Gasteiger partial charge in [-0.25, -0.2) is 8.42 Å². The maximum atomic E-state index is 13.7. The van der Waals surface area contributed by atoms with E-state index in [4.69, 9.17) is 0 Å². The van der Waals surface area contributed by atoms with Crippen LogP contribution in [0.1, 0.15) is 16.7 Å². The lowest BCUT2D eigenvalue weighted by Gasteiger charge is -2.29. The maximum Gasteiger partial charge on any atom is 0.264 e. The van der Waals surface area contributed by atoms with Gasteiger partial charge in [0.15, 0.2) is 0 Å². The molecular formula is C29H28N2O3S. The molecule has 0 radical (unpaired) electrons. The molecule has 5 nitrogen and oxygen atoms in total. The molecule has 0 spiro atoms. The van der Waals surface area contributed by atoms with Gasteiger partial charge in [-0.15, -0.1) is 0 Å². The van der Waals surface area contributed by atoms with Crippen molar-refractivity contribution in [3.8, 4) is 0 Å². The van der Waals surface area contributed by atoms with Crippen molar-refractivity contribution in [1.82, 2.24) is 4.90 Å². The number of hydrogen-bond acceptors (Lipinski definition) is 3. The molecule has 6 heteroatoms. The fraction of sp³-hybridized carbons (Fsp3) is 0.138. The molecule has 4 aromatic carbocycles. The number of carbonyl (C=O) groups is 1. The second-order valence-corrected chi connectivity index (χ2v) is 10.2. The van der Waals surface area contributed by atoms with E-state index in [0.717, 1.165) is 16.7 Å². The van der Waals surface area contributed by atoms with E-state index < -0.39 is 10.0 Å². The smallest absolute Gasteiger partial charge is 0.264 e. The van der Waals surface area contributed by atoms with E-state index >= 15 is 0 Å². The van der Waals surface area contributed by atoms with Gasteiger partial charge in [-0.2, -0.15) is 0 Å². The summed E-state index contributed by atoms with van der Waals surface area (Å²) in [5, 5.41) is 0. The highest BCUT2D eigenvalue weighted by atomic mass is 32.2. The van der Waals surface area contributed by atoms with Gasteiger partial charge >= 0.3 is 0 Å². The number of carbonyl (C=O) groups excluding carboxylic acids is 1. The predicted molar refractivity (Wildman–Crippen MR) is 139 cm³/mol. The topological polar surface area (TPSA) is 57.7 Å². The fourth-order valence-electron chi connectivity index (χ4n) is 3.88. The van der Waals surface area contributed by atoms with Gasteiger partial charge in [0.2, 0.25) is 5.91 Å². The molecule has 1 amide bonds. The lowest BCUT2D eigenvalue weighted by atomic mass is 10.1. The lowest BCUT2D eigenvalue weighted by Crippen LogP contribution is -2.42. The van der Waals surface area contributed by atoms with E-state index in [9.17, 15) is 13.2 Å². The minimum Gasteiger partial charge on any atom is -0.332 e. The number of amides is 1. The molecule has 178 valence electrons. The Morgan fingerprint density at radius 2 is 1.20 bits per heavy atom. The highest BCUT2D eigenvalue weighted by Gasteiger charge is 2.29. The van der Waals surface area contributed by atoms with Crippen molar-refractivity contribution in [3.05, 3.63) is 132 Å². The summed E-state index contributed by atoms with van der Waals surface area (Å²) >= 11 is 0. The Morgan fingerprint density at radius 1 is 0.686 bits per heavy atom. The number of sulfonamides is 1. The molecule has 0 fully saturated rings. The van der Waals surface area contributed by atoms with E-state index in [2.05, 4.69) is 0 Å². The zero-order chi connectivity index (χ0) is 24.7. The molecule has 4 aromatic rings. The van der Waals surface area contributed by atoms with E-state index in [1.54, 1.807) is 53.4 Å². The van der Waals surface area contributed by atoms with Gasteiger partial charge < -0.3 is 4.90 Å². The van der Waals surface area contributed by atoms with Gasteiger partial charge in [-0.1, -0.05) is 91.0 Å². The van der Waals surface area contributed by atoms with Gasteiger partial charge in [-0.05, 0) is 47.9 Å². The average molecular weight is 485 g/mol. The van der Waals surface area contributed by atoms with Gasteiger partial charge in [0.1, 0.15) is 6.54 Å². The first-order chi connectivity index (χ1) is 16.9. The van der Waals surface area contributed by atoms with Crippen LogP contribution in [0.3, 0.4) is 0 Å². The first-order valence-corrected chi connectivity index (χ1v) is 12.9. The number of nitrogens with zero attached hydrogens (tertiary/aromatic N) is 2. The standard InChI is InChI=1S/C29H28N2O3S/c1-24-12-11-17-27(20-24)31(35(33,34)28-18-9-4-10-19-28)23-29(32)30(21-25-13-5-2-6-14-25)22-26-15-7-3-8-16-26/h2-20H,21-23H2,1H3. The van der Waals surface area contributed by atoms with E-state index in [1.165, 1.54) is 4.31 Å². The van der Waals surface area contributed by atoms with E-state index in [-0.39, 0.29) is 17.3 Å². The van der Waals surface area contributed by atoms with Crippen molar-refractivity contribution in [1.29, 1.82) is 0 Å². The Kier molecular flexibility index (Phi) is 7.63. The quantitative estimate of drug-likeness (QED) is 0.319. The van der Waals surface area contributed by atoms with Crippen molar-refractivity contribution in [2.45, 2.75) is 24.9 Å². The van der Waals surface area contributed by atoms with Gasteiger partial charge in [0, 0.05) is 13.1 Å². The molecule has 0 bridgehead atoms. The third-order valence-electron chi connectivity index (χ3n) is 5.68. The molecule has 0 aliphatic rings. The summed E-state index contributed by atoms with van der Waals surface area (Å²) in [4.78, 5) is 15.6. The molecule has 0 N–H and O–H groups in total. The number of hydrogen-bond donors (Lipinski definition) is 0. The highest BCUT2D eigenvalue weighted by Crippen LogP contribution is 2.25. The van der Waals surface area contributed by atoms with E-state index in [0.29, 0.717) is 18.8 Å². The second-order valence-electron chi connectivity index (χ2n) is 8.38. The minimum absolute atomic E-state index is 0.145. The molecule has 0 atom stereocenters. The highest BCUT2D eigenvalue weighted by molar-refractivity contribution is 7.92. The molecule has 0 aromatic heterocycles. The zero-order valence-electron chi connectivity index (χ0n) is 19.6. The van der Waals surface area contributed by atoms with Crippen LogP contribution in [0.15, 0.2) is 120 Å².